The van der Waals surface area contributed by atoms with Crippen molar-refractivity contribution >= 4 is 5.97 Å². The largest absolute Gasteiger partial charge is 0.481 e. The summed E-state index contributed by atoms with van der Waals surface area (Å²) in [5, 5.41) is 8.99. The van der Waals surface area contributed by atoms with Crippen molar-refractivity contribution in [3.05, 3.63) is 35.9 Å². The Balaban J connectivity index is 1.97. The molecular formula is C15H21NO2. The van der Waals surface area contributed by atoms with E-state index in [-0.39, 0.29) is 11.8 Å². The molecule has 0 bridgehead atoms. The first-order valence-corrected chi connectivity index (χ1v) is 6.59. The van der Waals surface area contributed by atoms with Crippen LogP contribution in [0.15, 0.2) is 30.3 Å². The van der Waals surface area contributed by atoms with Crippen LogP contribution in [-0.2, 0) is 11.2 Å². The van der Waals surface area contributed by atoms with Gasteiger partial charge in [-0.25, -0.2) is 0 Å². The van der Waals surface area contributed by atoms with Crippen molar-refractivity contribution in [3.8, 4) is 0 Å². The lowest BCUT2D eigenvalue weighted by Crippen LogP contribution is -2.30. The molecule has 98 valence electrons. The van der Waals surface area contributed by atoms with Gasteiger partial charge in [-0.3, -0.25) is 4.79 Å². The Labute approximate surface area is 108 Å². The molecule has 1 aromatic carbocycles. The monoisotopic (exact) mass is 247 g/mol. The Bertz CT molecular complexity index is 404. The first-order chi connectivity index (χ1) is 8.63. The first-order valence-electron chi connectivity index (χ1n) is 6.59. The molecule has 1 saturated carbocycles. The first kappa shape index (κ1) is 13.1. The van der Waals surface area contributed by atoms with E-state index >= 15 is 0 Å². The van der Waals surface area contributed by atoms with E-state index in [1.54, 1.807) is 0 Å². The quantitative estimate of drug-likeness (QED) is 0.840. The molecular weight excluding hydrogens is 226 g/mol. The van der Waals surface area contributed by atoms with E-state index < -0.39 is 5.97 Å². The Morgan fingerprint density at radius 2 is 2.11 bits per heavy atom. The molecule has 0 saturated heterocycles. The van der Waals surface area contributed by atoms with Crippen LogP contribution in [0.25, 0.3) is 0 Å². The second-order valence-corrected chi connectivity index (χ2v) is 5.57. The molecule has 0 heterocycles. The summed E-state index contributed by atoms with van der Waals surface area (Å²) < 4.78 is 0. The molecule has 1 aliphatic rings. The van der Waals surface area contributed by atoms with E-state index in [0.717, 1.165) is 25.7 Å². The molecule has 0 radical (unpaired) electrons. The van der Waals surface area contributed by atoms with Crippen molar-refractivity contribution in [2.45, 2.75) is 32.1 Å². The summed E-state index contributed by atoms with van der Waals surface area (Å²) >= 11 is 0. The summed E-state index contributed by atoms with van der Waals surface area (Å²) in [5.41, 5.74) is 6.99. The number of carboxylic acid groups (broad SMARTS) is 1. The number of carboxylic acids is 1. The second kappa shape index (κ2) is 5.53. The van der Waals surface area contributed by atoms with Crippen molar-refractivity contribution in [1.29, 1.82) is 0 Å². The molecule has 3 N–H and O–H groups in total. The van der Waals surface area contributed by atoms with Crippen LogP contribution in [-0.4, -0.2) is 17.6 Å². The molecule has 3 heteroatoms. The lowest BCUT2D eigenvalue weighted by molar-refractivity contribution is -0.139. The van der Waals surface area contributed by atoms with Gasteiger partial charge in [0.15, 0.2) is 0 Å². The average Bonchev–Trinajstić information content (AvgIpc) is 2.73. The van der Waals surface area contributed by atoms with Gasteiger partial charge in [-0.15, -0.1) is 0 Å². The molecule has 0 aromatic heterocycles. The Hall–Kier alpha value is -1.35. The van der Waals surface area contributed by atoms with Crippen LogP contribution in [0.4, 0.5) is 0 Å². The predicted octanol–water partition coefficient (Wildman–Crippen LogP) is 2.45. The van der Waals surface area contributed by atoms with Crippen LogP contribution < -0.4 is 5.73 Å². The fourth-order valence-electron chi connectivity index (χ4n) is 3.19. The third-order valence-electron chi connectivity index (χ3n) is 4.13. The van der Waals surface area contributed by atoms with E-state index in [4.69, 9.17) is 10.8 Å². The zero-order valence-corrected chi connectivity index (χ0v) is 10.6. The number of nitrogens with two attached hydrogens (primary N) is 1. The topological polar surface area (TPSA) is 63.3 Å². The van der Waals surface area contributed by atoms with Gasteiger partial charge in [0, 0.05) is 0 Å². The second-order valence-electron chi connectivity index (χ2n) is 5.57. The van der Waals surface area contributed by atoms with Crippen LogP contribution in [0, 0.1) is 11.3 Å². The average molecular weight is 247 g/mol. The van der Waals surface area contributed by atoms with Crippen LogP contribution in [0.1, 0.15) is 31.2 Å². The minimum Gasteiger partial charge on any atom is -0.481 e. The molecule has 1 aromatic rings. The Morgan fingerprint density at radius 1 is 1.39 bits per heavy atom. The van der Waals surface area contributed by atoms with E-state index in [9.17, 15) is 4.79 Å². The number of hydrogen-bond donors (Lipinski definition) is 2. The maximum absolute atomic E-state index is 10.9. The number of rotatable bonds is 5. The highest BCUT2D eigenvalue weighted by Gasteiger charge is 2.39. The van der Waals surface area contributed by atoms with Gasteiger partial charge in [0.05, 0.1) is 6.42 Å². The molecule has 3 nitrogen and oxygen atoms in total. The van der Waals surface area contributed by atoms with Crippen LogP contribution in [0.3, 0.4) is 0 Å². The maximum Gasteiger partial charge on any atom is 0.303 e. The van der Waals surface area contributed by atoms with Gasteiger partial charge in [-0.1, -0.05) is 30.3 Å². The zero-order chi connectivity index (χ0) is 13.0. The van der Waals surface area contributed by atoms with Crippen molar-refractivity contribution < 1.29 is 9.90 Å². The molecule has 1 fully saturated rings. The number of benzene rings is 1. The van der Waals surface area contributed by atoms with E-state index in [2.05, 4.69) is 24.3 Å². The van der Waals surface area contributed by atoms with Gasteiger partial charge >= 0.3 is 5.97 Å². The van der Waals surface area contributed by atoms with Gasteiger partial charge in [-0.2, -0.15) is 0 Å². The minimum absolute atomic E-state index is 0.161. The van der Waals surface area contributed by atoms with Crippen LogP contribution >= 0.6 is 0 Å². The Kier molecular flexibility index (Phi) is 4.02. The van der Waals surface area contributed by atoms with Gasteiger partial charge in [0.2, 0.25) is 0 Å². The maximum atomic E-state index is 10.9. The fourth-order valence-corrected chi connectivity index (χ4v) is 3.19. The van der Waals surface area contributed by atoms with Gasteiger partial charge in [-0.05, 0) is 49.1 Å². The summed E-state index contributed by atoms with van der Waals surface area (Å²) in [7, 11) is 0. The Morgan fingerprint density at radius 3 is 2.72 bits per heavy atom. The fraction of sp³-hybridized carbons (Fsp3) is 0.533. The molecule has 2 rings (SSSR count). The lowest BCUT2D eigenvalue weighted by Gasteiger charge is -2.25. The molecule has 0 amide bonds. The van der Waals surface area contributed by atoms with Crippen molar-refractivity contribution in [2.75, 3.05) is 6.54 Å². The third kappa shape index (κ3) is 3.10. The molecule has 18 heavy (non-hydrogen) atoms. The van der Waals surface area contributed by atoms with Crippen molar-refractivity contribution in [2.24, 2.45) is 17.1 Å². The van der Waals surface area contributed by atoms with E-state index in [1.165, 1.54) is 5.56 Å². The van der Waals surface area contributed by atoms with Gasteiger partial charge in [0.25, 0.3) is 0 Å². The van der Waals surface area contributed by atoms with E-state index in [0.29, 0.717) is 12.5 Å². The smallest absolute Gasteiger partial charge is 0.303 e. The molecule has 0 aliphatic heterocycles. The molecule has 1 aliphatic carbocycles. The van der Waals surface area contributed by atoms with Crippen LogP contribution in [0.2, 0.25) is 0 Å². The summed E-state index contributed by atoms with van der Waals surface area (Å²) in [6.07, 6.45) is 4.26. The standard InChI is InChI=1S/C15H21NO2/c16-11-15(10-14(17)18)7-6-13(9-15)8-12-4-2-1-3-5-12/h1-5,13H,6-11,16H2,(H,17,18)/t13?,15-/m1/s1. The van der Waals surface area contributed by atoms with E-state index in [1.807, 2.05) is 6.07 Å². The van der Waals surface area contributed by atoms with Gasteiger partial charge < -0.3 is 10.8 Å². The zero-order valence-electron chi connectivity index (χ0n) is 10.6. The number of carbonyl (C=O) groups is 1. The highest BCUT2D eigenvalue weighted by atomic mass is 16.4. The minimum atomic E-state index is -0.721. The summed E-state index contributed by atoms with van der Waals surface area (Å²) in [4.78, 5) is 10.9. The highest BCUT2D eigenvalue weighted by molar-refractivity contribution is 5.67. The summed E-state index contributed by atoms with van der Waals surface area (Å²) in [5.74, 6) is -0.142. The predicted molar refractivity (Wildman–Crippen MR) is 71.2 cm³/mol. The molecule has 2 atom stereocenters. The van der Waals surface area contributed by atoms with Crippen LogP contribution in [0.5, 0.6) is 0 Å². The summed E-state index contributed by atoms with van der Waals surface area (Å²) in [6.45, 7) is 0.491. The number of hydrogen-bond acceptors (Lipinski definition) is 2. The van der Waals surface area contributed by atoms with Crippen molar-refractivity contribution in [3.63, 3.8) is 0 Å². The third-order valence-corrected chi connectivity index (χ3v) is 4.13. The SMILES string of the molecule is NC[C@]1(CC(=O)O)CCC(Cc2ccccc2)C1. The van der Waals surface area contributed by atoms with Gasteiger partial charge in [0.1, 0.15) is 0 Å². The number of aliphatic carboxylic acids is 1. The highest BCUT2D eigenvalue weighted by Crippen LogP contribution is 2.44. The normalized spacial score (nSPS) is 27.3. The summed E-state index contributed by atoms with van der Waals surface area (Å²) in [6, 6.07) is 10.4. The van der Waals surface area contributed by atoms with Crippen molar-refractivity contribution in [1.82, 2.24) is 0 Å². The molecule has 1 unspecified atom stereocenters. The lowest BCUT2D eigenvalue weighted by atomic mass is 9.81. The molecule has 0 spiro atoms.